The standard InChI is InChI=1S/C12H23NO2/c1-9(2)11-4-5-12(15)13(7-6-11)8-10(3)14/h9-11,14H,4-8H2,1-3H3/t10-,11?/m1/s1. The first kappa shape index (κ1) is 12.5. The highest BCUT2D eigenvalue weighted by Crippen LogP contribution is 2.25. The number of rotatable bonds is 3. The molecule has 1 unspecified atom stereocenters. The van der Waals surface area contributed by atoms with E-state index in [0.29, 0.717) is 24.8 Å². The summed E-state index contributed by atoms with van der Waals surface area (Å²) in [4.78, 5) is 13.5. The third-order valence-electron chi connectivity index (χ3n) is 3.28. The van der Waals surface area contributed by atoms with Gasteiger partial charge in [0.25, 0.3) is 0 Å². The summed E-state index contributed by atoms with van der Waals surface area (Å²) in [6, 6.07) is 0. The smallest absolute Gasteiger partial charge is 0.222 e. The van der Waals surface area contributed by atoms with Crippen molar-refractivity contribution in [1.29, 1.82) is 0 Å². The van der Waals surface area contributed by atoms with E-state index in [0.717, 1.165) is 19.4 Å². The number of carbonyl (C=O) groups excluding carboxylic acids is 1. The summed E-state index contributed by atoms with van der Waals surface area (Å²) in [6.45, 7) is 7.48. The van der Waals surface area contributed by atoms with Crippen LogP contribution in [0, 0.1) is 11.8 Å². The summed E-state index contributed by atoms with van der Waals surface area (Å²) in [5.74, 6) is 1.52. The van der Waals surface area contributed by atoms with Crippen molar-refractivity contribution < 1.29 is 9.90 Å². The number of hydrogen-bond donors (Lipinski definition) is 1. The molecule has 0 radical (unpaired) electrons. The van der Waals surface area contributed by atoms with Crippen molar-refractivity contribution in [2.75, 3.05) is 13.1 Å². The zero-order valence-corrected chi connectivity index (χ0v) is 10.1. The molecule has 0 aromatic heterocycles. The summed E-state index contributed by atoms with van der Waals surface area (Å²) < 4.78 is 0. The maximum Gasteiger partial charge on any atom is 0.222 e. The molecule has 0 aromatic rings. The molecule has 15 heavy (non-hydrogen) atoms. The zero-order chi connectivity index (χ0) is 11.4. The van der Waals surface area contributed by atoms with Crippen molar-refractivity contribution >= 4 is 5.91 Å². The van der Waals surface area contributed by atoms with Gasteiger partial charge >= 0.3 is 0 Å². The van der Waals surface area contributed by atoms with Gasteiger partial charge in [-0.2, -0.15) is 0 Å². The molecule has 0 saturated carbocycles. The van der Waals surface area contributed by atoms with Crippen molar-refractivity contribution in [2.45, 2.75) is 46.1 Å². The van der Waals surface area contributed by atoms with E-state index in [9.17, 15) is 9.90 Å². The van der Waals surface area contributed by atoms with Gasteiger partial charge in [0.05, 0.1) is 6.10 Å². The van der Waals surface area contributed by atoms with Crippen LogP contribution in [0.3, 0.4) is 0 Å². The van der Waals surface area contributed by atoms with Crippen molar-refractivity contribution in [3.05, 3.63) is 0 Å². The van der Waals surface area contributed by atoms with Gasteiger partial charge in [0.15, 0.2) is 0 Å². The van der Waals surface area contributed by atoms with Crippen molar-refractivity contribution in [3.63, 3.8) is 0 Å². The van der Waals surface area contributed by atoms with Gasteiger partial charge in [-0.25, -0.2) is 0 Å². The number of carbonyl (C=O) groups is 1. The van der Waals surface area contributed by atoms with E-state index in [1.54, 1.807) is 6.92 Å². The summed E-state index contributed by atoms with van der Waals surface area (Å²) in [5.41, 5.74) is 0. The fraction of sp³-hybridized carbons (Fsp3) is 0.917. The van der Waals surface area contributed by atoms with Gasteiger partial charge in [0.2, 0.25) is 5.91 Å². The molecule has 0 spiro atoms. The number of likely N-dealkylation sites (tertiary alicyclic amines) is 1. The highest BCUT2D eigenvalue weighted by molar-refractivity contribution is 5.76. The molecule has 1 aliphatic rings. The van der Waals surface area contributed by atoms with Crippen LogP contribution in [0.4, 0.5) is 0 Å². The molecule has 1 saturated heterocycles. The molecule has 1 amide bonds. The van der Waals surface area contributed by atoms with E-state index >= 15 is 0 Å². The number of aliphatic hydroxyl groups excluding tert-OH is 1. The first-order chi connectivity index (χ1) is 7.00. The van der Waals surface area contributed by atoms with Crippen LogP contribution in [-0.4, -0.2) is 35.1 Å². The summed E-state index contributed by atoms with van der Waals surface area (Å²) in [5, 5.41) is 9.30. The monoisotopic (exact) mass is 213 g/mol. The average molecular weight is 213 g/mol. The molecule has 3 heteroatoms. The average Bonchev–Trinajstić information content (AvgIpc) is 2.29. The fourth-order valence-electron chi connectivity index (χ4n) is 2.24. The molecule has 1 N–H and O–H groups in total. The fourth-order valence-corrected chi connectivity index (χ4v) is 2.24. The minimum absolute atomic E-state index is 0.207. The van der Waals surface area contributed by atoms with Gasteiger partial charge in [-0.15, -0.1) is 0 Å². The largest absolute Gasteiger partial charge is 0.392 e. The molecule has 1 heterocycles. The van der Waals surface area contributed by atoms with Gasteiger partial charge in [0.1, 0.15) is 0 Å². The zero-order valence-electron chi connectivity index (χ0n) is 10.1. The summed E-state index contributed by atoms with van der Waals surface area (Å²) in [7, 11) is 0. The Balaban J connectivity index is 2.51. The lowest BCUT2D eigenvalue weighted by atomic mass is 9.89. The van der Waals surface area contributed by atoms with Crippen LogP contribution in [0.1, 0.15) is 40.0 Å². The van der Waals surface area contributed by atoms with E-state index in [4.69, 9.17) is 0 Å². The SMILES string of the molecule is CC(C)C1CCC(=O)N(C[C@@H](C)O)CC1. The minimum atomic E-state index is -0.412. The quantitative estimate of drug-likeness (QED) is 0.774. The Bertz CT molecular complexity index is 214. The van der Waals surface area contributed by atoms with Crippen LogP contribution in [0.15, 0.2) is 0 Å². The van der Waals surface area contributed by atoms with Gasteiger partial charge in [-0.05, 0) is 31.6 Å². The van der Waals surface area contributed by atoms with E-state index in [2.05, 4.69) is 13.8 Å². The number of nitrogens with zero attached hydrogens (tertiary/aromatic N) is 1. The molecular formula is C12H23NO2. The molecule has 0 aliphatic carbocycles. The molecule has 2 atom stereocenters. The van der Waals surface area contributed by atoms with E-state index < -0.39 is 6.10 Å². The Morgan fingerprint density at radius 3 is 2.60 bits per heavy atom. The van der Waals surface area contributed by atoms with Crippen molar-refractivity contribution in [1.82, 2.24) is 4.90 Å². The lowest BCUT2D eigenvalue weighted by Crippen LogP contribution is -2.36. The Kier molecular flexibility index (Phi) is 4.58. The number of β-amino-alcohol motifs (C(OH)–C–C–N with tert-alkyl or cyclic N) is 1. The highest BCUT2D eigenvalue weighted by atomic mass is 16.3. The van der Waals surface area contributed by atoms with Gasteiger partial charge in [-0.1, -0.05) is 13.8 Å². The Morgan fingerprint density at radius 2 is 2.07 bits per heavy atom. The maximum absolute atomic E-state index is 11.7. The second-order valence-electron chi connectivity index (χ2n) is 5.02. The van der Waals surface area contributed by atoms with Crippen LogP contribution in [0.25, 0.3) is 0 Å². The third-order valence-corrected chi connectivity index (χ3v) is 3.28. The maximum atomic E-state index is 11.7. The highest BCUT2D eigenvalue weighted by Gasteiger charge is 2.24. The van der Waals surface area contributed by atoms with Crippen LogP contribution >= 0.6 is 0 Å². The Hall–Kier alpha value is -0.570. The topological polar surface area (TPSA) is 40.5 Å². The molecule has 1 rings (SSSR count). The van der Waals surface area contributed by atoms with E-state index in [1.807, 2.05) is 4.90 Å². The lowest BCUT2D eigenvalue weighted by molar-refractivity contribution is -0.131. The summed E-state index contributed by atoms with van der Waals surface area (Å²) in [6.07, 6.45) is 2.32. The molecular weight excluding hydrogens is 190 g/mol. The van der Waals surface area contributed by atoms with E-state index in [-0.39, 0.29) is 5.91 Å². The van der Waals surface area contributed by atoms with Crippen LogP contribution in [0.2, 0.25) is 0 Å². The van der Waals surface area contributed by atoms with Crippen LogP contribution < -0.4 is 0 Å². The second kappa shape index (κ2) is 5.50. The molecule has 88 valence electrons. The molecule has 0 aromatic carbocycles. The van der Waals surface area contributed by atoms with Crippen molar-refractivity contribution in [3.8, 4) is 0 Å². The first-order valence-corrected chi connectivity index (χ1v) is 5.96. The normalized spacial score (nSPS) is 25.5. The van der Waals surface area contributed by atoms with Crippen LogP contribution in [0.5, 0.6) is 0 Å². The third kappa shape index (κ3) is 3.82. The molecule has 1 fully saturated rings. The number of aliphatic hydroxyl groups is 1. The molecule has 0 bridgehead atoms. The molecule has 1 aliphatic heterocycles. The number of amides is 1. The van der Waals surface area contributed by atoms with Gasteiger partial charge < -0.3 is 10.0 Å². The Morgan fingerprint density at radius 1 is 1.40 bits per heavy atom. The van der Waals surface area contributed by atoms with Crippen LogP contribution in [-0.2, 0) is 4.79 Å². The van der Waals surface area contributed by atoms with Gasteiger partial charge in [-0.3, -0.25) is 4.79 Å². The number of hydrogen-bond acceptors (Lipinski definition) is 2. The lowest BCUT2D eigenvalue weighted by Gasteiger charge is -2.22. The Labute approximate surface area is 92.5 Å². The minimum Gasteiger partial charge on any atom is -0.392 e. The predicted octanol–water partition coefficient (Wildman–Crippen LogP) is 1.65. The molecule has 3 nitrogen and oxygen atoms in total. The first-order valence-electron chi connectivity index (χ1n) is 5.96. The van der Waals surface area contributed by atoms with Gasteiger partial charge in [0, 0.05) is 19.5 Å². The van der Waals surface area contributed by atoms with Crippen molar-refractivity contribution in [2.24, 2.45) is 11.8 Å². The van der Waals surface area contributed by atoms with E-state index in [1.165, 1.54) is 0 Å². The summed E-state index contributed by atoms with van der Waals surface area (Å²) >= 11 is 0. The predicted molar refractivity (Wildman–Crippen MR) is 60.4 cm³/mol. The second-order valence-corrected chi connectivity index (χ2v) is 5.02.